The number of nitrogens with zero attached hydrogens (tertiary/aromatic N) is 1. The van der Waals surface area contributed by atoms with Gasteiger partial charge in [-0.15, -0.1) is 24.8 Å². The molecule has 2 aromatic carbocycles. The Morgan fingerprint density at radius 3 is 2.65 bits per heavy atom. The Kier molecular flexibility index (Phi) is 9.07. The molecule has 0 unspecified atom stereocenters. The molecule has 1 aromatic heterocycles. The van der Waals surface area contributed by atoms with Gasteiger partial charge in [0.15, 0.2) is 0 Å². The number of methoxy groups -OCH3 is 1. The molecule has 31 heavy (non-hydrogen) atoms. The number of para-hydroxylation sites is 1. The molecule has 2 heterocycles. The number of halogens is 2. The van der Waals surface area contributed by atoms with Crippen molar-refractivity contribution in [1.29, 1.82) is 0 Å². The molecule has 0 radical (unpaired) electrons. The number of rotatable bonds is 6. The van der Waals surface area contributed by atoms with E-state index in [0.29, 0.717) is 18.0 Å². The van der Waals surface area contributed by atoms with Crippen molar-refractivity contribution < 1.29 is 14.3 Å². The van der Waals surface area contributed by atoms with Crippen LogP contribution < -0.4 is 15.4 Å². The number of hydrogen-bond acceptors (Lipinski definition) is 5. The maximum Gasteiger partial charge on any atom is 0.233 e. The van der Waals surface area contributed by atoms with E-state index in [-0.39, 0.29) is 30.7 Å². The highest BCUT2D eigenvalue weighted by Gasteiger charge is 2.39. The predicted molar refractivity (Wildman–Crippen MR) is 128 cm³/mol. The zero-order chi connectivity index (χ0) is 20.1. The van der Waals surface area contributed by atoms with Crippen LogP contribution in [-0.2, 0) is 9.53 Å². The number of carbonyl (C=O) groups is 1. The zero-order valence-electron chi connectivity index (χ0n) is 17.3. The van der Waals surface area contributed by atoms with Crippen LogP contribution in [0.4, 0.5) is 5.69 Å². The average molecular weight is 464 g/mol. The van der Waals surface area contributed by atoms with Gasteiger partial charge in [-0.3, -0.25) is 9.78 Å². The van der Waals surface area contributed by atoms with Gasteiger partial charge in [-0.25, -0.2) is 0 Å². The molecular formula is C23H27Cl2N3O3. The fourth-order valence-electron chi connectivity index (χ4n) is 3.81. The van der Waals surface area contributed by atoms with E-state index in [1.165, 1.54) is 0 Å². The molecule has 166 valence electrons. The molecule has 0 bridgehead atoms. The van der Waals surface area contributed by atoms with Crippen molar-refractivity contribution in [3.8, 4) is 11.5 Å². The Morgan fingerprint density at radius 1 is 1.10 bits per heavy atom. The third kappa shape index (κ3) is 5.66. The van der Waals surface area contributed by atoms with Crippen molar-refractivity contribution >= 4 is 47.3 Å². The van der Waals surface area contributed by atoms with Crippen molar-refractivity contribution in [3.05, 3.63) is 60.8 Å². The summed E-state index contributed by atoms with van der Waals surface area (Å²) in [5.41, 5.74) is 1.08. The number of nitrogens with one attached hydrogen (secondary N) is 2. The fourth-order valence-corrected chi connectivity index (χ4v) is 3.81. The van der Waals surface area contributed by atoms with Crippen LogP contribution in [0.25, 0.3) is 10.9 Å². The predicted octanol–water partition coefficient (Wildman–Crippen LogP) is 4.83. The Labute approximate surface area is 194 Å². The molecule has 1 amide bonds. The quantitative estimate of drug-likeness (QED) is 0.547. The standard InChI is InChI=1S/C23H25N3O3.2ClH/c1-28-16-23(10-13-24-14-11-23)22(27)26-17-5-4-6-18(15-17)29-21-9-12-25-20-8-3-2-7-19(20)21;;/h2-9,12,15,24H,10-11,13-14,16H2,1H3,(H,26,27);2*1H. The molecule has 0 aliphatic carbocycles. The Balaban J connectivity index is 0.00000171. The summed E-state index contributed by atoms with van der Waals surface area (Å²) < 4.78 is 11.5. The molecule has 6 nitrogen and oxygen atoms in total. The summed E-state index contributed by atoms with van der Waals surface area (Å²) in [5, 5.41) is 7.31. The number of piperidine rings is 1. The first kappa shape index (κ1) is 24.9. The van der Waals surface area contributed by atoms with Crippen LogP contribution in [0.5, 0.6) is 11.5 Å². The zero-order valence-corrected chi connectivity index (χ0v) is 18.9. The van der Waals surface area contributed by atoms with Crippen LogP contribution >= 0.6 is 24.8 Å². The monoisotopic (exact) mass is 463 g/mol. The SMILES string of the molecule is COCC1(C(=O)Nc2cccc(Oc3ccnc4ccccc34)c2)CCNCC1.Cl.Cl. The Bertz CT molecular complexity index is 999. The summed E-state index contributed by atoms with van der Waals surface area (Å²) in [6, 6.07) is 17.2. The van der Waals surface area contributed by atoms with Gasteiger partial charge in [0, 0.05) is 30.4 Å². The molecule has 1 fully saturated rings. The summed E-state index contributed by atoms with van der Waals surface area (Å²) in [6.45, 7) is 2.05. The Hall–Kier alpha value is -2.38. The maximum absolute atomic E-state index is 13.1. The first-order chi connectivity index (χ1) is 14.2. The average Bonchev–Trinajstić information content (AvgIpc) is 2.75. The highest BCUT2D eigenvalue weighted by Crippen LogP contribution is 2.33. The second-order valence-corrected chi connectivity index (χ2v) is 7.37. The van der Waals surface area contributed by atoms with Crippen molar-refractivity contribution in [2.75, 3.05) is 32.1 Å². The van der Waals surface area contributed by atoms with E-state index in [2.05, 4.69) is 15.6 Å². The minimum absolute atomic E-state index is 0. The molecule has 0 saturated carbocycles. The van der Waals surface area contributed by atoms with Crippen molar-refractivity contribution in [2.24, 2.45) is 5.41 Å². The summed E-state index contributed by atoms with van der Waals surface area (Å²) in [4.78, 5) is 17.4. The highest BCUT2D eigenvalue weighted by atomic mass is 35.5. The first-order valence-electron chi connectivity index (χ1n) is 9.83. The topological polar surface area (TPSA) is 72.5 Å². The summed E-state index contributed by atoms with van der Waals surface area (Å²) >= 11 is 0. The molecule has 0 atom stereocenters. The van der Waals surface area contributed by atoms with E-state index in [0.717, 1.165) is 42.6 Å². The third-order valence-corrected chi connectivity index (χ3v) is 5.39. The van der Waals surface area contributed by atoms with E-state index in [9.17, 15) is 4.79 Å². The molecule has 1 saturated heterocycles. The number of carbonyl (C=O) groups excluding carboxylic acids is 1. The van der Waals surface area contributed by atoms with E-state index < -0.39 is 5.41 Å². The van der Waals surface area contributed by atoms with Crippen LogP contribution in [0.3, 0.4) is 0 Å². The number of benzene rings is 2. The molecular weight excluding hydrogens is 437 g/mol. The van der Waals surface area contributed by atoms with Gasteiger partial charge in [0.25, 0.3) is 0 Å². The number of anilines is 1. The highest BCUT2D eigenvalue weighted by molar-refractivity contribution is 5.95. The normalized spacial score (nSPS) is 14.7. The van der Waals surface area contributed by atoms with E-state index in [4.69, 9.17) is 9.47 Å². The number of amides is 1. The van der Waals surface area contributed by atoms with Gasteiger partial charge in [-0.1, -0.05) is 18.2 Å². The minimum Gasteiger partial charge on any atom is -0.457 e. The second-order valence-electron chi connectivity index (χ2n) is 7.37. The van der Waals surface area contributed by atoms with Crippen molar-refractivity contribution in [2.45, 2.75) is 12.8 Å². The van der Waals surface area contributed by atoms with Gasteiger partial charge in [-0.2, -0.15) is 0 Å². The van der Waals surface area contributed by atoms with E-state index >= 15 is 0 Å². The van der Waals surface area contributed by atoms with E-state index in [1.807, 2.05) is 54.6 Å². The van der Waals surface area contributed by atoms with Gasteiger partial charge in [0.05, 0.1) is 17.5 Å². The second kappa shape index (κ2) is 11.3. The first-order valence-corrected chi connectivity index (χ1v) is 9.83. The summed E-state index contributed by atoms with van der Waals surface area (Å²) in [7, 11) is 1.64. The van der Waals surface area contributed by atoms with Gasteiger partial charge >= 0.3 is 0 Å². The molecule has 3 aromatic rings. The van der Waals surface area contributed by atoms with Crippen LogP contribution in [-0.4, -0.2) is 37.7 Å². The third-order valence-electron chi connectivity index (χ3n) is 5.39. The van der Waals surface area contributed by atoms with E-state index in [1.54, 1.807) is 13.3 Å². The molecule has 1 aliphatic heterocycles. The maximum atomic E-state index is 13.1. The minimum atomic E-state index is -0.502. The van der Waals surface area contributed by atoms with Crippen LogP contribution in [0, 0.1) is 5.41 Å². The fraction of sp³-hybridized carbons (Fsp3) is 0.304. The number of hydrogen-bond donors (Lipinski definition) is 2. The number of aromatic nitrogens is 1. The molecule has 1 aliphatic rings. The number of fused-ring (bicyclic) bond motifs is 1. The lowest BCUT2D eigenvalue weighted by Gasteiger charge is -2.35. The van der Waals surface area contributed by atoms with Gasteiger partial charge in [0.1, 0.15) is 11.5 Å². The number of pyridine rings is 1. The van der Waals surface area contributed by atoms with Crippen LogP contribution in [0.15, 0.2) is 60.8 Å². The van der Waals surface area contributed by atoms with Crippen LogP contribution in [0.1, 0.15) is 12.8 Å². The molecule has 8 heteroatoms. The van der Waals surface area contributed by atoms with Gasteiger partial charge in [-0.05, 0) is 56.3 Å². The van der Waals surface area contributed by atoms with Gasteiger partial charge in [0.2, 0.25) is 5.91 Å². The smallest absolute Gasteiger partial charge is 0.233 e. The van der Waals surface area contributed by atoms with Crippen LogP contribution in [0.2, 0.25) is 0 Å². The lowest BCUT2D eigenvalue weighted by Crippen LogP contribution is -2.47. The largest absolute Gasteiger partial charge is 0.457 e. The summed E-state index contributed by atoms with van der Waals surface area (Å²) in [5.74, 6) is 1.38. The van der Waals surface area contributed by atoms with Gasteiger partial charge < -0.3 is 20.1 Å². The molecule has 2 N–H and O–H groups in total. The Morgan fingerprint density at radius 2 is 1.87 bits per heavy atom. The molecule has 4 rings (SSSR count). The van der Waals surface area contributed by atoms with Crippen molar-refractivity contribution in [3.63, 3.8) is 0 Å². The number of ether oxygens (including phenoxy) is 2. The molecule has 0 spiro atoms. The summed E-state index contributed by atoms with van der Waals surface area (Å²) in [6.07, 6.45) is 3.24. The van der Waals surface area contributed by atoms with Crippen molar-refractivity contribution in [1.82, 2.24) is 10.3 Å². The lowest BCUT2D eigenvalue weighted by molar-refractivity contribution is -0.130. The lowest BCUT2D eigenvalue weighted by atomic mass is 9.78.